The Morgan fingerprint density at radius 1 is 1.11 bits per heavy atom. The summed E-state index contributed by atoms with van der Waals surface area (Å²) in [5.74, 6) is 2.71. The van der Waals surface area contributed by atoms with Crippen molar-refractivity contribution in [2.24, 2.45) is 5.92 Å². The molecule has 1 aliphatic rings. The fourth-order valence-corrected chi connectivity index (χ4v) is 2.12. The summed E-state index contributed by atoms with van der Waals surface area (Å²) >= 11 is 0. The van der Waals surface area contributed by atoms with E-state index in [1.54, 1.807) is 0 Å². The second-order valence-electron chi connectivity index (χ2n) is 5.06. The average Bonchev–Trinajstić information content (AvgIpc) is 3.24. The van der Waals surface area contributed by atoms with Crippen LogP contribution in [0.5, 0.6) is 11.5 Å². The third kappa shape index (κ3) is 5.52. The van der Waals surface area contributed by atoms with Crippen molar-refractivity contribution >= 4 is 0 Å². The molecule has 0 spiro atoms. The molecule has 3 heteroatoms. The third-order valence-electron chi connectivity index (χ3n) is 3.35. The fraction of sp³-hybridized carbons (Fsp3) is 0.625. The number of nitrogens with one attached hydrogen (secondary N) is 1. The molecule has 0 amide bonds. The van der Waals surface area contributed by atoms with Gasteiger partial charge in [0.2, 0.25) is 0 Å². The molecular weight excluding hydrogens is 238 g/mol. The number of ether oxygens (including phenoxy) is 2. The van der Waals surface area contributed by atoms with Gasteiger partial charge in [-0.05, 0) is 44.4 Å². The normalized spacial score (nSPS) is 14.4. The van der Waals surface area contributed by atoms with Crippen molar-refractivity contribution in [3.05, 3.63) is 24.3 Å². The molecule has 19 heavy (non-hydrogen) atoms. The number of hydrogen-bond acceptors (Lipinski definition) is 3. The van der Waals surface area contributed by atoms with Crippen molar-refractivity contribution < 1.29 is 9.47 Å². The van der Waals surface area contributed by atoms with Gasteiger partial charge in [0, 0.05) is 6.54 Å². The van der Waals surface area contributed by atoms with Crippen LogP contribution in [-0.2, 0) is 0 Å². The number of hydrogen-bond donors (Lipinski definition) is 1. The minimum absolute atomic E-state index is 0.666. The zero-order valence-electron chi connectivity index (χ0n) is 11.9. The maximum atomic E-state index is 5.74. The molecule has 2 rings (SSSR count). The van der Waals surface area contributed by atoms with E-state index in [2.05, 4.69) is 5.32 Å². The Morgan fingerprint density at radius 3 is 2.53 bits per heavy atom. The molecule has 106 valence electrons. The quantitative estimate of drug-likeness (QED) is 0.657. The SMILES string of the molecule is CCOc1ccccc1OCCNCCCC1CC1. The second-order valence-corrected chi connectivity index (χ2v) is 5.06. The molecule has 1 aromatic carbocycles. The van der Waals surface area contributed by atoms with E-state index in [9.17, 15) is 0 Å². The summed E-state index contributed by atoms with van der Waals surface area (Å²) in [6.07, 6.45) is 5.59. The first-order chi connectivity index (χ1) is 9.40. The summed E-state index contributed by atoms with van der Waals surface area (Å²) in [5, 5.41) is 3.42. The van der Waals surface area contributed by atoms with Crippen LogP contribution in [0.2, 0.25) is 0 Å². The largest absolute Gasteiger partial charge is 0.490 e. The summed E-state index contributed by atoms with van der Waals surface area (Å²) in [5.41, 5.74) is 0. The second kappa shape index (κ2) is 8.05. The van der Waals surface area contributed by atoms with Crippen LogP contribution in [0.25, 0.3) is 0 Å². The van der Waals surface area contributed by atoms with Crippen LogP contribution in [0.3, 0.4) is 0 Å². The van der Waals surface area contributed by atoms with E-state index in [-0.39, 0.29) is 0 Å². The first-order valence-corrected chi connectivity index (χ1v) is 7.45. The lowest BCUT2D eigenvalue weighted by atomic mass is 10.2. The molecule has 0 unspecified atom stereocenters. The van der Waals surface area contributed by atoms with Crippen LogP contribution < -0.4 is 14.8 Å². The Kier molecular flexibility index (Phi) is 6.02. The van der Waals surface area contributed by atoms with Gasteiger partial charge in [0.05, 0.1) is 6.61 Å². The Bertz CT molecular complexity index is 364. The minimum atomic E-state index is 0.666. The molecule has 1 aromatic rings. The summed E-state index contributed by atoms with van der Waals surface area (Å²) in [7, 11) is 0. The molecular formula is C16H25NO2. The summed E-state index contributed by atoms with van der Waals surface area (Å²) < 4.78 is 11.3. The molecule has 1 N–H and O–H groups in total. The highest BCUT2D eigenvalue weighted by atomic mass is 16.5. The van der Waals surface area contributed by atoms with Crippen LogP contribution in [0.15, 0.2) is 24.3 Å². The van der Waals surface area contributed by atoms with E-state index in [0.717, 1.165) is 30.5 Å². The monoisotopic (exact) mass is 263 g/mol. The van der Waals surface area contributed by atoms with Crippen molar-refractivity contribution in [1.29, 1.82) is 0 Å². The molecule has 0 radical (unpaired) electrons. The molecule has 1 fully saturated rings. The van der Waals surface area contributed by atoms with Crippen LogP contribution in [0.1, 0.15) is 32.6 Å². The van der Waals surface area contributed by atoms with Crippen LogP contribution >= 0.6 is 0 Å². The molecule has 0 atom stereocenters. The first kappa shape index (κ1) is 14.2. The topological polar surface area (TPSA) is 30.5 Å². The highest BCUT2D eigenvalue weighted by molar-refractivity contribution is 5.39. The first-order valence-electron chi connectivity index (χ1n) is 7.45. The zero-order valence-corrected chi connectivity index (χ0v) is 11.9. The van der Waals surface area contributed by atoms with Gasteiger partial charge in [-0.1, -0.05) is 25.0 Å². The van der Waals surface area contributed by atoms with Gasteiger partial charge in [-0.25, -0.2) is 0 Å². The molecule has 0 saturated heterocycles. The van der Waals surface area contributed by atoms with Gasteiger partial charge in [-0.3, -0.25) is 0 Å². The molecule has 0 aliphatic heterocycles. The lowest BCUT2D eigenvalue weighted by Crippen LogP contribution is -2.22. The maximum absolute atomic E-state index is 5.74. The van der Waals surface area contributed by atoms with Gasteiger partial charge in [0.25, 0.3) is 0 Å². The fourth-order valence-electron chi connectivity index (χ4n) is 2.12. The van der Waals surface area contributed by atoms with E-state index < -0.39 is 0 Å². The lowest BCUT2D eigenvalue weighted by molar-refractivity contribution is 0.275. The molecule has 0 heterocycles. The Balaban J connectivity index is 1.56. The van der Waals surface area contributed by atoms with Crippen molar-refractivity contribution in [3.8, 4) is 11.5 Å². The van der Waals surface area contributed by atoms with Gasteiger partial charge >= 0.3 is 0 Å². The predicted molar refractivity (Wildman–Crippen MR) is 77.9 cm³/mol. The minimum Gasteiger partial charge on any atom is -0.490 e. The highest BCUT2D eigenvalue weighted by Crippen LogP contribution is 2.33. The molecule has 3 nitrogen and oxygen atoms in total. The number of benzene rings is 1. The van der Waals surface area contributed by atoms with Gasteiger partial charge in [-0.15, -0.1) is 0 Å². The molecule has 1 aliphatic carbocycles. The molecule has 0 aromatic heterocycles. The summed E-state index contributed by atoms with van der Waals surface area (Å²) in [6, 6.07) is 7.84. The lowest BCUT2D eigenvalue weighted by Gasteiger charge is -2.11. The predicted octanol–water partition coefficient (Wildman–Crippen LogP) is 3.24. The average molecular weight is 263 g/mol. The van der Waals surface area contributed by atoms with Crippen molar-refractivity contribution in [1.82, 2.24) is 5.32 Å². The van der Waals surface area contributed by atoms with Gasteiger partial charge in [-0.2, -0.15) is 0 Å². The zero-order chi connectivity index (χ0) is 13.3. The Labute approximate surface area is 116 Å². The summed E-state index contributed by atoms with van der Waals surface area (Å²) in [4.78, 5) is 0. The van der Waals surface area contributed by atoms with E-state index in [0.29, 0.717) is 13.2 Å². The van der Waals surface area contributed by atoms with Crippen molar-refractivity contribution in [2.75, 3.05) is 26.3 Å². The molecule has 0 bridgehead atoms. The smallest absolute Gasteiger partial charge is 0.161 e. The van der Waals surface area contributed by atoms with Gasteiger partial charge in [0.15, 0.2) is 11.5 Å². The van der Waals surface area contributed by atoms with Crippen LogP contribution in [0.4, 0.5) is 0 Å². The summed E-state index contributed by atoms with van der Waals surface area (Å²) in [6.45, 7) is 5.34. The van der Waals surface area contributed by atoms with Gasteiger partial charge in [0.1, 0.15) is 6.61 Å². The van der Waals surface area contributed by atoms with E-state index in [4.69, 9.17) is 9.47 Å². The Morgan fingerprint density at radius 2 is 1.84 bits per heavy atom. The van der Waals surface area contributed by atoms with Crippen molar-refractivity contribution in [3.63, 3.8) is 0 Å². The van der Waals surface area contributed by atoms with E-state index in [1.165, 1.54) is 25.7 Å². The molecule has 1 saturated carbocycles. The van der Waals surface area contributed by atoms with Crippen molar-refractivity contribution in [2.45, 2.75) is 32.6 Å². The van der Waals surface area contributed by atoms with Crippen LogP contribution in [0, 0.1) is 5.92 Å². The van der Waals surface area contributed by atoms with Crippen LogP contribution in [-0.4, -0.2) is 26.3 Å². The maximum Gasteiger partial charge on any atom is 0.161 e. The highest BCUT2D eigenvalue weighted by Gasteiger charge is 2.19. The number of rotatable bonds is 10. The number of para-hydroxylation sites is 2. The van der Waals surface area contributed by atoms with Gasteiger partial charge < -0.3 is 14.8 Å². The Hall–Kier alpha value is -1.22. The third-order valence-corrected chi connectivity index (χ3v) is 3.35. The standard InChI is InChI=1S/C16H25NO2/c1-2-18-15-7-3-4-8-16(15)19-13-12-17-11-5-6-14-9-10-14/h3-4,7-8,14,17H,2,5-6,9-13H2,1H3. The van der Waals surface area contributed by atoms with E-state index in [1.807, 2.05) is 31.2 Å². The van der Waals surface area contributed by atoms with E-state index >= 15 is 0 Å².